The molecule has 3 aromatic carbocycles. The number of rotatable bonds is 8. The molecule has 0 saturated heterocycles. The number of carbonyl (C=O) groups is 1. The minimum Gasteiger partial charge on any atom is -0.494 e. The van der Waals surface area contributed by atoms with Gasteiger partial charge in [-0.2, -0.15) is 0 Å². The van der Waals surface area contributed by atoms with E-state index < -0.39 is 23.4 Å². The molecule has 0 unspecified atom stereocenters. The smallest absolute Gasteiger partial charge is 0.234 e. The molecular weight excluding hydrogens is 465 g/mol. The van der Waals surface area contributed by atoms with Crippen molar-refractivity contribution >= 4 is 23.4 Å². The van der Waals surface area contributed by atoms with Crippen molar-refractivity contribution in [2.45, 2.75) is 12.1 Å². The monoisotopic (exact) mass is 484 g/mol. The summed E-state index contributed by atoms with van der Waals surface area (Å²) in [6.07, 6.45) is 0. The summed E-state index contributed by atoms with van der Waals surface area (Å²) in [5.41, 5.74) is 0.601. The lowest BCUT2D eigenvalue weighted by molar-refractivity contribution is -0.113. The molecule has 10 heteroatoms. The number of ether oxygens (including phenoxy) is 1. The number of carbonyl (C=O) groups excluding carboxylic acids is 1. The van der Waals surface area contributed by atoms with Gasteiger partial charge in [0, 0.05) is 11.6 Å². The van der Waals surface area contributed by atoms with E-state index in [1.807, 2.05) is 6.92 Å². The van der Waals surface area contributed by atoms with Gasteiger partial charge in [0.1, 0.15) is 23.2 Å². The van der Waals surface area contributed by atoms with Crippen LogP contribution in [0.2, 0.25) is 0 Å². The van der Waals surface area contributed by atoms with Gasteiger partial charge in [-0.05, 0) is 55.5 Å². The van der Waals surface area contributed by atoms with Crippen molar-refractivity contribution < 1.29 is 22.7 Å². The molecule has 0 saturated carbocycles. The van der Waals surface area contributed by atoms with Gasteiger partial charge < -0.3 is 10.1 Å². The summed E-state index contributed by atoms with van der Waals surface area (Å²) in [7, 11) is 0. The number of para-hydroxylation sites is 1. The number of hydrogen-bond acceptors (Lipinski definition) is 5. The van der Waals surface area contributed by atoms with Gasteiger partial charge in [-0.15, -0.1) is 10.2 Å². The second-order valence-corrected chi connectivity index (χ2v) is 7.95. The Morgan fingerprint density at radius 1 is 1.00 bits per heavy atom. The van der Waals surface area contributed by atoms with Crippen molar-refractivity contribution in [1.82, 2.24) is 14.8 Å². The molecule has 0 aliphatic rings. The average molecular weight is 485 g/mol. The van der Waals surface area contributed by atoms with Crippen LogP contribution in [0.25, 0.3) is 17.1 Å². The first kappa shape index (κ1) is 23.4. The minimum absolute atomic E-state index is 0.189. The molecule has 1 amide bonds. The molecule has 1 heterocycles. The number of anilines is 1. The highest BCUT2D eigenvalue weighted by Crippen LogP contribution is 2.30. The molecule has 0 bridgehead atoms. The third-order valence-electron chi connectivity index (χ3n) is 4.69. The van der Waals surface area contributed by atoms with Crippen LogP contribution in [-0.2, 0) is 4.79 Å². The fraction of sp³-hybridized carbons (Fsp3) is 0.125. The Hall–Kier alpha value is -3.79. The zero-order valence-electron chi connectivity index (χ0n) is 18.0. The minimum atomic E-state index is -0.757. The van der Waals surface area contributed by atoms with Crippen LogP contribution in [0.4, 0.5) is 18.9 Å². The van der Waals surface area contributed by atoms with Gasteiger partial charge >= 0.3 is 0 Å². The van der Waals surface area contributed by atoms with Crippen LogP contribution in [0.3, 0.4) is 0 Å². The maximum absolute atomic E-state index is 14.7. The van der Waals surface area contributed by atoms with Gasteiger partial charge in [0.15, 0.2) is 11.0 Å². The molecule has 0 aliphatic heterocycles. The molecule has 0 spiro atoms. The quantitative estimate of drug-likeness (QED) is 0.336. The molecule has 0 fully saturated rings. The van der Waals surface area contributed by atoms with E-state index in [1.165, 1.54) is 10.6 Å². The Balaban J connectivity index is 1.61. The normalized spacial score (nSPS) is 10.8. The lowest BCUT2D eigenvalue weighted by Crippen LogP contribution is -2.16. The SMILES string of the molecule is CCOc1ccc(-c2nnc(SCC(=O)Nc3cc(F)ccc3F)n2-c2ccccc2F)cc1. The second kappa shape index (κ2) is 10.4. The van der Waals surface area contributed by atoms with E-state index in [0.29, 0.717) is 23.7 Å². The Labute approximate surface area is 197 Å². The number of benzene rings is 3. The summed E-state index contributed by atoms with van der Waals surface area (Å²) in [5, 5.41) is 10.9. The Kier molecular flexibility index (Phi) is 7.17. The second-order valence-electron chi connectivity index (χ2n) is 7.01. The third kappa shape index (κ3) is 5.23. The third-order valence-corrected chi connectivity index (χ3v) is 5.61. The van der Waals surface area contributed by atoms with Crippen LogP contribution in [-0.4, -0.2) is 33.0 Å². The van der Waals surface area contributed by atoms with Crippen LogP contribution >= 0.6 is 11.8 Å². The first-order chi connectivity index (χ1) is 16.5. The fourth-order valence-electron chi connectivity index (χ4n) is 3.18. The van der Waals surface area contributed by atoms with E-state index >= 15 is 0 Å². The number of thioether (sulfide) groups is 1. The number of amides is 1. The molecule has 34 heavy (non-hydrogen) atoms. The van der Waals surface area contributed by atoms with E-state index in [9.17, 15) is 18.0 Å². The van der Waals surface area contributed by atoms with Crippen molar-refractivity contribution in [3.8, 4) is 22.8 Å². The molecular formula is C24H19F3N4O2S. The molecule has 0 aliphatic carbocycles. The van der Waals surface area contributed by atoms with Crippen LogP contribution < -0.4 is 10.1 Å². The van der Waals surface area contributed by atoms with Gasteiger partial charge in [0.05, 0.1) is 23.7 Å². The predicted octanol–water partition coefficient (Wildman–Crippen LogP) is 5.48. The number of aromatic nitrogens is 3. The van der Waals surface area contributed by atoms with E-state index in [4.69, 9.17) is 4.74 Å². The fourth-order valence-corrected chi connectivity index (χ4v) is 3.92. The molecule has 6 nitrogen and oxygen atoms in total. The zero-order valence-corrected chi connectivity index (χ0v) is 18.8. The number of hydrogen-bond donors (Lipinski definition) is 1. The van der Waals surface area contributed by atoms with Gasteiger partial charge in [0.25, 0.3) is 0 Å². The van der Waals surface area contributed by atoms with E-state index in [1.54, 1.807) is 42.5 Å². The predicted molar refractivity (Wildman–Crippen MR) is 124 cm³/mol. The lowest BCUT2D eigenvalue weighted by atomic mass is 10.2. The average Bonchev–Trinajstić information content (AvgIpc) is 3.25. The molecule has 0 atom stereocenters. The number of nitrogens with zero attached hydrogens (tertiary/aromatic N) is 3. The highest BCUT2D eigenvalue weighted by molar-refractivity contribution is 7.99. The van der Waals surface area contributed by atoms with Crippen LogP contribution in [0.5, 0.6) is 5.75 Å². The summed E-state index contributed by atoms with van der Waals surface area (Å²) in [6, 6.07) is 16.0. The highest BCUT2D eigenvalue weighted by atomic mass is 32.2. The zero-order chi connectivity index (χ0) is 24.1. The summed E-state index contributed by atoms with van der Waals surface area (Å²) in [6.45, 7) is 2.40. The summed E-state index contributed by atoms with van der Waals surface area (Å²) < 4.78 is 48.9. The molecule has 174 valence electrons. The van der Waals surface area contributed by atoms with E-state index in [0.717, 1.165) is 30.0 Å². The van der Waals surface area contributed by atoms with E-state index in [-0.39, 0.29) is 22.3 Å². The van der Waals surface area contributed by atoms with Gasteiger partial charge in [-0.1, -0.05) is 23.9 Å². The molecule has 0 radical (unpaired) electrons. The van der Waals surface area contributed by atoms with Crippen molar-refractivity contribution in [2.24, 2.45) is 0 Å². The van der Waals surface area contributed by atoms with Gasteiger partial charge in [0.2, 0.25) is 5.91 Å². The van der Waals surface area contributed by atoms with Gasteiger partial charge in [-0.25, -0.2) is 13.2 Å². The maximum atomic E-state index is 14.7. The Bertz CT molecular complexity index is 1310. The molecule has 4 aromatic rings. The van der Waals surface area contributed by atoms with Crippen molar-refractivity contribution in [1.29, 1.82) is 0 Å². The van der Waals surface area contributed by atoms with Gasteiger partial charge in [-0.3, -0.25) is 9.36 Å². The number of nitrogens with one attached hydrogen (secondary N) is 1. The summed E-state index contributed by atoms with van der Waals surface area (Å²) in [4.78, 5) is 12.4. The van der Waals surface area contributed by atoms with Crippen LogP contribution in [0, 0.1) is 17.5 Å². The van der Waals surface area contributed by atoms with Crippen LogP contribution in [0.15, 0.2) is 71.9 Å². The summed E-state index contributed by atoms with van der Waals surface area (Å²) in [5.74, 6) is -1.66. The van der Waals surface area contributed by atoms with Crippen molar-refractivity contribution in [2.75, 3.05) is 17.7 Å². The molecule has 1 N–H and O–H groups in total. The van der Waals surface area contributed by atoms with Crippen molar-refractivity contribution in [3.05, 3.63) is 84.2 Å². The summed E-state index contributed by atoms with van der Waals surface area (Å²) >= 11 is 0.985. The Morgan fingerprint density at radius 3 is 2.50 bits per heavy atom. The lowest BCUT2D eigenvalue weighted by Gasteiger charge is -2.12. The van der Waals surface area contributed by atoms with Crippen molar-refractivity contribution in [3.63, 3.8) is 0 Å². The first-order valence-corrected chi connectivity index (χ1v) is 11.3. The molecule has 4 rings (SSSR count). The largest absolute Gasteiger partial charge is 0.494 e. The topological polar surface area (TPSA) is 69.0 Å². The maximum Gasteiger partial charge on any atom is 0.234 e. The Morgan fingerprint density at radius 2 is 1.76 bits per heavy atom. The highest BCUT2D eigenvalue weighted by Gasteiger charge is 2.20. The van der Waals surface area contributed by atoms with Crippen LogP contribution in [0.1, 0.15) is 6.92 Å². The van der Waals surface area contributed by atoms with E-state index in [2.05, 4.69) is 15.5 Å². The first-order valence-electron chi connectivity index (χ1n) is 10.3. The number of halogens is 3. The standard InChI is InChI=1S/C24H19F3N4O2S/c1-2-33-17-10-7-15(8-11-17)23-29-30-24(31(23)21-6-4-3-5-19(21)27)34-14-22(32)28-20-13-16(25)9-12-18(20)26/h3-13H,2,14H2,1H3,(H,28,32). The molecule has 1 aromatic heterocycles.